The molecular formula is C11H23NO. The largest absolute Gasteiger partial charge is 0.374 e. The maximum absolute atomic E-state index is 5.90. The molecule has 0 aromatic carbocycles. The van der Waals surface area contributed by atoms with E-state index >= 15 is 0 Å². The summed E-state index contributed by atoms with van der Waals surface area (Å²) in [5.41, 5.74) is 5.70. The van der Waals surface area contributed by atoms with Crippen molar-refractivity contribution in [3.63, 3.8) is 0 Å². The Bertz CT molecular complexity index is 131. The molecule has 0 aromatic heterocycles. The van der Waals surface area contributed by atoms with Gasteiger partial charge in [0.1, 0.15) is 0 Å². The Kier molecular flexibility index (Phi) is 4.20. The van der Waals surface area contributed by atoms with E-state index in [1.807, 2.05) is 0 Å². The molecule has 1 saturated carbocycles. The smallest absolute Gasteiger partial charge is 0.0798 e. The zero-order valence-corrected chi connectivity index (χ0v) is 9.01. The van der Waals surface area contributed by atoms with E-state index in [0.29, 0.717) is 6.54 Å². The summed E-state index contributed by atoms with van der Waals surface area (Å²) >= 11 is 0. The Hall–Kier alpha value is -0.0800. The van der Waals surface area contributed by atoms with Crippen molar-refractivity contribution in [2.45, 2.75) is 51.6 Å². The van der Waals surface area contributed by atoms with Crippen LogP contribution in [0.5, 0.6) is 0 Å². The van der Waals surface area contributed by atoms with Crippen molar-refractivity contribution in [2.75, 3.05) is 13.2 Å². The Morgan fingerprint density at radius 1 is 1.31 bits per heavy atom. The maximum Gasteiger partial charge on any atom is 0.0798 e. The van der Waals surface area contributed by atoms with Crippen LogP contribution in [0.4, 0.5) is 0 Å². The first-order chi connectivity index (χ1) is 6.26. The van der Waals surface area contributed by atoms with Gasteiger partial charge in [0, 0.05) is 13.2 Å². The first kappa shape index (κ1) is 11.0. The van der Waals surface area contributed by atoms with Crippen LogP contribution >= 0.6 is 0 Å². The molecule has 0 bridgehead atoms. The fourth-order valence-electron chi connectivity index (χ4n) is 1.65. The van der Waals surface area contributed by atoms with E-state index in [2.05, 4.69) is 13.8 Å². The summed E-state index contributed by atoms with van der Waals surface area (Å²) in [5.74, 6) is 0.962. The lowest BCUT2D eigenvalue weighted by Gasteiger charge is -2.30. The molecular weight excluding hydrogens is 162 g/mol. The summed E-state index contributed by atoms with van der Waals surface area (Å²) in [6.07, 6.45) is 6.13. The van der Waals surface area contributed by atoms with Crippen LogP contribution in [0.15, 0.2) is 0 Å². The van der Waals surface area contributed by atoms with Crippen molar-refractivity contribution in [1.82, 2.24) is 0 Å². The van der Waals surface area contributed by atoms with Gasteiger partial charge >= 0.3 is 0 Å². The molecule has 2 heteroatoms. The summed E-state index contributed by atoms with van der Waals surface area (Å²) in [5, 5.41) is 0. The van der Waals surface area contributed by atoms with E-state index in [-0.39, 0.29) is 5.60 Å². The lowest BCUT2D eigenvalue weighted by atomic mass is 9.97. The van der Waals surface area contributed by atoms with Crippen molar-refractivity contribution in [3.8, 4) is 0 Å². The first-order valence-electron chi connectivity index (χ1n) is 5.60. The van der Waals surface area contributed by atoms with Gasteiger partial charge in [-0.1, -0.05) is 26.7 Å². The monoisotopic (exact) mass is 185 g/mol. The van der Waals surface area contributed by atoms with Gasteiger partial charge in [0.05, 0.1) is 5.60 Å². The number of rotatable bonds is 7. The molecule has 0 saturated heterocycles. The number of ether oxygens (including phenoxy) is 1. The van der Waals surface area contributed by atoms with E-state index in [1.165, 1.54) is 19.3 Å². The summed E-state index contributed by atoms with van der Waals surface area (Å²) in [6, 6.07) is 0. The standard InChI is InChI=1S/C11H23NO/c1-3-11(4-2,9-12)13-8-7-10-5-6-10/h10H,3-9,12H2,1-2H3. The van der Waals surface area contributed by atoms with E-state index in [9.17, 15) is 0 Å². The zero-order chi connectivity index (χ0) is 9.73. The van der Waals surface area contributed by atoms with Crippen LogP contribution in [0.1, 0.15) is 46.0 Å². The van der Waals surface area contributed by atoms with Gasteiger partial charge in [-0.2, -0.15) is 0 Å². The highest BCUT2D eigenvalue weighted by molar-refractivity contribution is 4.79. The van der Waals surface area contributed by atoms with Crippen LogP contribution in [0.3, 0.4) is 0 Å². The molecule has 2 nitrogen and oxygen atoms in total. The van der Waals surface area contributed by atoms with Gasteiger partial charge in [-0.05, 0) is 25.2 Å². The third-order valence-electron chi connectivity index (χ3n) is 3.29. The minimum absolute atomic E-state index is 0.0328. The second kappa shape index (κ2) is 4.97. The number of hydrogen-bond acceptors (Lipinski definition) is 2. The predicted octanol–water partition coefficient (Wildman–Crippen LogP) is 2.32. The highest BCUT2D eigenvalue weighted by atomic mass is 16.5. The summed E-state index contributed by atoms with van der Waals surface area (Å²) in [4.78, 5) is 0. The highest BCUT2D eigenvalue weighted by Gasteiger charge is 2.27. The molecule has 0 spiro atoms. The topological polar surface area (TPSA) is 35.2 Å². The van der Waals surface area contributed by atoms with Crippen LogP contribution < -0.4 is 5.73 Å². The molecule has 0 heterocycles. The Morgan fingerprint density at radius 3 is 2.31 bits per heavy atom. The normalized spacial score (nSPS) is 17.8. The molecule has 0 unspecified atom stereocenters. The lowest BCUT2D eigenvalue weighted by molar-refractivity contribution is -0.0466. The fraction of sp³-hybridized carbons (Fsp3) is 1.00. The predicted molar refractivity (Wildman–Crippen MR) is 55.7 cm³/mol. The van der Waals surface area contributed by atoms with E-state index < -0.39 is 0 Å². The van der Waals surface area contributed by atoms with Crippen LogP contribution in [-0.4, -0.2) is 18.8 Å². The molecule has 0 amide bonds. The molecule has 1 fully saturated rings. The van der Waals surface area contributed by atoms with E-state index in [0.717, 1.165) is 25.4 Å². The molecule has 78 valence electrons. The van der Waals surface area contributed by atoms with Crippen molar-refractivity contribution in [3.05, 3.63) is 0 Å². The second-order valence-corrected chi connectivity index (χ2v) is 4.17. The molecule has 0 atom stereocenters. The van der Waals surface area contributed by atoms with Gasteiger partial charge in [-0.15, -0.1) is 0 Å². The molecule has 1 aliphatic carbocycles. The lowest BCUT2D eigenvalue weighted by Crippen LogP contribution is -2.39. The molecule has 0 aromatic rings. The second-order valence-electron chi connectivity index (χ2n) is 4.17. The Labute approximate surface area is 81.8 Å². The molecule has 0 aliphatic heterocycles. The van der Waals surface area contributed by atoms with E-state index in [1.54, 1.807) is 0 Å². The molecule has 2 N–H and O–H groups in total. The van der Waals surface area contributed by atoms with Crippen LogP contribution in [-0.2, 0) is 4.74 Å². The average Bonchev–Trinajstić information content (AvgIpc) is 2.97. The van der Waals surface area contributed by atoms with Crippen LogP contribution in [0.25, 0.3) is 0 Å². The van der Waals surface area contributed by atoms with Gasteiger partial charge in [-0.25, -0.2) is 0 Å². The fourth-order valence-corrected chi connectivity index (χ4v) is 1.65. The Morgan fingerprint density at radius 2 is 1.92 bits per heavy atom. The zero-order valence-electron chi connectivity index (χ0n) is 9.01. The van der Waals surface area contributed by atoms with Crippen LogP contribution in [0, 0.1) is 5.92 Å². The van der Waals surface area contributed by atoms with E-state index in [4.69, 9.17) is 10.5 Å². The van der Waals surface area contributed by atoms with Crippen molar-refractivity contribution < 1.29 is 4.74 Å². The molecule has 0 radical (unpaired) electrons. The quantitative estimate of drug-likeness (QED) is 0.660. The number of nitrogens with two attached hydrogens (primary N) is 1. The maximum atomic E-state index is 5.90. The van der Waals surface area contributed by atoms with Gasteiger partial charge in [0.15, 0.2) is 0 Å². The first-order valence-corrected chi connectivity index (χ1v) is 5.60. The third kappa shape index (κ3) is 3.28. The van der Waals surface area contributed by atoms with Crippen molar-refractivity contribution >= 4 is 0 Å². The van der Waals surface area contributed by atoms with Crippen molar-refractivity contribution in [1.29, 1.82) is 0 Å². The number of hydrogen-bond donors (Lipinski definition) is 1. The van der Waals surface area contributed by atoms with Gasteiger partial charge in [-0.3, -0.25) is 0 Å². The minimum Gasteiger partial charge on any atom is -0.374 e. The van der Waals surface area contributed by atoms with Crippen molar-refractivity contribution in [2.24, 2.45) is 11.7 Å². The molecule has 1 rings (SSSR count). The van der Waals surface area contributed by atoms with Crippen LogP contribution in [0.2, 0.25) is 0 Å². The van der Waals surface area contributed by atoms with Gasteiger partial charge in [0.2, 0.25) is 0 Å². The average molecular weight is 185 g/mol. The third-order valence-corrected chi connectivity index (χ3v) is 3.29. The Balaban J connectivity index is 2.19. The SMILES string of the molecule is CCC(CC)(CN)OCCC1CC1. The molecule has 13 heavy (non-hydrogen) atoms. The minimum atomic E-state index is -0.0328. The molecule has 1 aliphatic rings. The summed E-state index contributed by atoms with van der Waals surface area (Å²) in [7, 11) is 0. The van der Waals surface area contributed by atoms with Gasteiger partial charge < -0.3 is 10.5 Å². The summed E-state index contributed by atoms with van der Waals surface area (Å²) < 4.78 is 5.90. The summed E-state index contributed by atoms with van der Waals surface area (Å²) in [6.45, 7) is 5.88. The van der Waals surface area contributed by atoms with Gasteiger partial charge in [0.25, 0.3) is 0 Å². The highest BCUT2D eigenvalue weighted by Crippen LogP contribution is 2.33.